The lowest BCUT2D eigenvalue weighted by atomic mass is 10.3. The Bertz CT molecular complexity index is 333. The molecule has 0 saturated carbocycles. The van der Waals surface area contributed by atoms with Crippen LogP contribution in [0.5, 0.6) is 0 Å². The van der Waals surface area contributed by atoms with Crippen molar-refractivity contribution in [1.82, 2.24) is 9.88 Å². The van der Waals surface area contributed by atoms with Crippen LogP contribution in [-0.2, 0) is 6.54 Å². The molecular formula is C10H16N2O2. The lowest BCUT2D eigenvalue weighted by Gasteiger charge is -2.17. The molecule has 0 spiro atoms. The summed E-state index contributed by atoms with van der Waals surface area (Å²) in [6.07, 6.45) is -0.351. The lowest BCUT2D eigenvalue weighted by Crippen LogP contribution is -2.27. The molecule has 0 aliphatic carbocycles. The highest BCUT2D eigenvalue weighted by Crippen LogP contribution is 1.97. The number of rotatable bonds is 4. The van der Waals surface area contributed by atoms with Gasteiger partial charge in [-0.1, -0.05) is 6.07 Å². The van der Waals surface area contributed by atoms with Gasteiger partial charge in [0, 0.05) is 24.8 Å². The van der Waals surface area contributed by atoms with Crippen molar-refractivity contribution in [2.45, 2.75) is 19.6 Å². The molecule has 2 N–H and O–H groups in total. The molecule has 1 aromatic rings. The van der Waals surface area contributed by atoms with E-state index in [1.165, 1.54) is 6.07 Å². The third-order valence-corrected chi connectivity index (χ3v) is 1.84. The molecule has 0 aliphatic heterocycles. The van der Waals surface area contributed by atoms with E-state index in [4.69, 9.17) is 5.11 Å². The van der Waals surface area contributed by atoms with Crippen LogP contribution in [0.4, 0.5) is 0 Å². The van der Waals surface area contributed by atoms with E-state index in [2.05, 4.69) is 4.98 Å². The Morgan fingerprint density at radius 2 is 2.29 bits per heavy atom. The van der Waals surface area contributed by atoms with Crippen molar-refractivity contribution >= 4 is 0 Å². The number of aromatic amines is 1. The zero-order valence-corrected chi connectivity index (χ0v) is 8.53. The maximum absolute atomic E-state index is 11.0. The molecular weight excluding hydrogens is 180 g/mol. The number of H-pyrrole nitrogens is 1. The molecule has 0 aromatic carbocycles. The van der Waals surface area contributed by atoms with Gasteiger partial charge in [-0.25, -0.2) is 0 Å². The Morgan fingerprint density at radius 1 is 1.57 bits per heavy atom. The third-order valence-electron chi connectivity index (χ3n) is 1.84. The predicted octanol–water partition coefficient (Wildman–Crippen LogP) is 0.188. The molecule has 1 heterocycles. The average molecular weight is 196 g/mol. The zero-order valence-electron chi connectivity index (χ0n) is 8.53. The first kappa shape index (κ1) is 10.9. The van der Waals surface area contributed by atoms with Crippen molar-refractivity contribution in [2.75, 3.05) is 13.6 Å². The fourth-order valence-electron chi connectivity index (χ4n) is 1.39. The number of aromatic nitrogens is 1. The standard InChI is InChI=1S/C10H16N2O2/c1-8(13)6-12(2)7-9-4-3-5-10(14)11-9/h3-5,8,13H,6-7H2,1-2H3,(H,11,14). The highest BCUT2D eigenvalue weighted by Gasteiger charge is 2.03. The van der Waals surface area contributed by atoms with Crippen molar-refractivity contribution in [2.24, 2.45) is 0 Å². The van der Waals surface area contributed by atoms with Gasteiger partial charge in [-0.2, -0.15) is 0 Å². The highest BCUT2D eigenvalue weighted by atomic mass is 16.3. The molecule has 1 unspecified atom stereocenters. The maximum Gasteiger partial charge on any atom is 0.248 e. The van der Waals surface area contributed by atoms with Crippen LogP contribution in [0.25, 0.3) is 0 Å². The van der Waals surface area contributed by atoms with E-state index in [1.807, 2.05) is 18.0 Å². The van der Waals surface area contributed by atoms with Crippen molar-refractivity contribution < 1.29 is 5.11 Å². The van der Waals surface area contributed by atoms with Crippen LogP contribution in [0.3, 0.4) is 0 Å². The maximum atomic E-state index is 11.0. The summed E-state index contributed by atoms with van der Waals surface area (Å²) in [5.74, 6) is 0. The monoisotopic (exact) mass is 196 g/mol. The minimum Gasteiger partial charge on any atom is -0.392 e. The van der Waals surface area contributed by atoms with E-state index < -0.39 is 0 Å². The van der Waals surface area contributed by atoms with Gasteiger partial charge < -0.3 is 10.1 Å². The third kappa shape index (κ3) is 3.72. The van der Waals surface area contributed by atoms with Gasteiger partial charge in [0.1, 0.15) is 0 Å². The van der Waals surface area contributed by atoms with Crippen LogP contribution in [0.1, 0.15) is 12.6 Å². The van der Waals surface area contributed by atoms with Crippen LogP contribution in [-0.4, -0.2) is 34.7 Å². The SMILES string of the molecule is CC(O)CN(C)Cc1cccc(=O)[nH]1. The number of aliphatic hydroxyl groups excluding tert-OH is 1. The number of hydrogen-bond acceptors (Lipinski definition) is 3. The molecule has 0 aliphatic rings. The van der Waals surface area contributed by atoms with Crippen molar-refractivity contribution in [3.63, 3.8) is 0 Å². The Kier molecular flexibility index (Phi) is 3.85. The first-order chi connectivity index (χ1) is 6.58. The molecule has 78 valence electrons. The number of aliphatic hydroxyl groups is 1. The minimum atomic E-state index is -0.351. The normalized spacial score (nSPS) is 13.1. The molecule has 0 bridgehead atoms. The van der Waals surface area contributed by atoms with Gasteiger partial charge in [-0.05, 0) is 20.0 Å². The molecule has 0 amide bonds. The molecule has 0 saturated heterocycles. The first-order valence-corrected chi connectivity index (χ1v) is 4.63. The van der Waals surface area contributed by atoms with Gasteiger partial charge in [0.05, 0.1) is 6.10 Å². The second-order valence-corrected chi connectivity index (χ2v) is 3.59. The van der Waals surface area contributed by atoms with Gasteiger partial charge in [0.2, 0.25) is 5.56 Å². The Balaban J connectivity index is 2.56. The van der Waals surface area contributed by atoms with E-state index in [1.54, 1.807) is 13.0 Å². The summed E-state index contributed by atoms with van der Waals surface area (Å²) >= 11 is 0. The Labute approximate surface area is 83.2 Å². The molecule has 4 nitrogen and oxygen atoms in total. The molecule has 0 radical (unpaired) electrons. The Hall–Kier alpha value is -1.13. The second-order valence-electron chi connectivity index (χ2n) is 3.59. The van der Waals surface area contributed by atoms with E-state index >= 15 is 0 Å². The van der Waals surface area contributed by atoms with Gasteiger partial charge in [0.25, 0.3) is 0 Å². The van der Waals surface area contributed by atoms with Gasteiger partial charge in [0.15, 0.2) is 0 Å². The van der Waals surface area contributed by atoms with Crippen molar-refractivity contribution in [3.05, 3.63) is 34.2 Å². The van der Waals surface area contributed by atoms with Crippen molar-refractivity contribution in [1.29, 1.82) is 0 Å². The number of nitrogens with zero attached hydrogens (tertiary/aromatic N) is 1. The first-order valence-electron chi connectivity index (χ1n) is 4.63. The number of nitrogens with one attached hydrogen (secondary N) is 1. The zero-order chi connectivity index (χ0) is 10.6. The smallest absolute Gasteiger partial charge is 0.248 e. The van der Waals surface area contributed by atoms with Crippen LogP contribution in [0.15, 0.2) is 23.0 Å². The molecule has 0 fully saturated rings. The fraction of sp³-hybridized carbons (Fsp3) is 0.500. The van der Waals surface area contributed by atoms with E-state index in [-0.39, 0.29) is 11.7 Å². The van der Waals surface area contributed by atoms with E-state index in [0.29, 0.717) is 13.1 Å². The summed E-state index contributed by atoms with van der Waals surface area (Å²) in [6.45, 7) is 2.97. The van der Waals surface area contributed by atoms with Gasteiger partial charge in [-0.15, -0.1) is 0 Å². The topological polar surface area (TPSA) is 56.3 Å². The predicted molar refractivity (Wildman–Crippen MR) is 55.1 cm³/mol. The lowest BCUT2D eigenvalue weighted by molar-refractivity contribution is 0.137. The molecule has 4 heteroatoms. The summed E-state index contributed by atoms with van der Waals surface area (Å²) < 4.78 is 0. The second kappa shape index (κ2) is 4.93. The molecule has 1 atom stereocenters. The van der Waals surface area contributed by atoms with Crippen LogP contribution >= 0.6 is 0 Å². The van der Waals surface area contributed by atoms with Crippen LogP contribution < -0.4 is 5.56 Å². The van der Waals surface area contributed by atoms with E-state index in [0.717, 1.165) is 5.69 Å². The summed E-state index contributed by atoms with van der Waals surface area (Å²) in [5, 5.41) is 9.14. The summed E-state index contributed by atoms with van der Waals surface area (Å²) in [4.78, 5) is 15.7. The van der Waals surface area contributed by atoms with Crippen molar-refractivity contribution in [3.8, 4) is 0 Å². The summed E-state index contributed by atoms with van der Waals surface area (Å²) in [5.41, 5.74) is 0.772. The summed E-state index contributed by atoms with van der Waals surface area (Å²) in [6, 6.07) is 5.07. The number of likely N-dealkylation sites (N-methyl/N-ethyl adjacent to an activating group) is 1. The quantitative estimate of drug-likeness (QED) is 0.722. The van der Waals surface area contributed by atoms with Crippen LogP contribution in [0.2, 0.25) is 0 Å². The van der Waals surface area contributed by atoms with Gasteiger partial charge in [-0.3, -0.25) is 9.69 Å². The Morgan fingerprint density at radius 3 is 2.86 bits per heavy atom. The molecule has 1 rings (SSSR count). The van der Waals surface area contributed by atoms with E-state index in [9.17, 15) is 4.79 Å². The molecule has 14 heavy (non-hydrogen) atoms. The number of pyridine rings is 1. The van der Waals surface area contributed by atoms with Crippen LogP contribution in [0, 0.1) is 0 Å². The number of hydrogen-bond donors (Lipinski definition) is 2. The molecule has 1 aromatic heterocycles. The summed E-state index contributed by atoms with van der Waals surface area (Å²) in [7, 11) is 1.90. The fourth-order valence-corrected chi connectivity index (χ4v) is 1.39. The minimum absolute atomic E-state index is 0.0899. The highest BCUT2D eigenvalue weighted by molar-refractivity contribution is 5.03. The average Bonchev–Trinajstić information content (AvgIpc) is 2.01. The van der Waals surface area contributed by atoms with Gasteiger partial charge >= 0.3 is 0 Å². The largest absolute Gasteiger partial charge is 0.392 e.